The van der Waals surface area contributed by atoms with Gasteiger partial charge < -0.3 is 24.6 Å². The molecule has 2 aliphatic heterocycles. The van der Waals surface area contributed by atoms with E-state index in [-0.39, 0.29) is 0 Å². The summed E-state index contributed by atoms with van der Waals surface area (Å²) >= 11 is 0. The van der Waals surface area contributed by atoms with Crippen LogP contribution in [0.1, 0.15) is 48.9 Å². The third-order valence-corrected chi connectivity index (χ3v) is 8.08. The first-order valence-electron chi connectivity index (χ1n) is 13.9. The van der Waals surface area contributed by atoms with Crippen LogP contribution in [0.2, 0.25) is 0 Å². The van der Waals surface area contributed by atoms with Crippen molar-refractivity contribution in [2.24, 2.45) is 0 Å². The highest BCUT2D eigenvalue weighted by atomic mass is 16.5. The Labute approximate surface area is 219 Å². The van der Waals surface area contributed by atoms with Gasteiger partial charge in [-0.1, -0.05) is 0 Å². The van der Waals surface area contributed by atoms with E-state index in [0.717, 1.165) is 80.6 Å². The van der Waals surface area contributed by atoms with Gasteiger partial charge >= 0.3 is 0 Å². The fourth-order valence-corrected chi connectivity index (χ4v) is 6.05. The molecule has 8 nitrogen and oxygen atoms in total. The molecule has 0 atom stereocenters. The van der Waals surface area contributed by atoms with E-state index in [4.69, 9.17) is 19.4 Å². The van der Waals surface area contributed by atoms with Gasteiger partial charge in [0.15, 0.2) is 0 Å². The Kier molecular flexibility index (Phi) is 7.37. The summed E-state index contributed by atoms with van der Waals surface area (Å²) in [5.41, 5.74) is 7.76. The van der Waals surface area contributed by atoms with Crippen molar-refractivity contribution in [3.05, 3.63) is 47.4 Å². The van der Waals surface area contributed by atoms with Crippen molar-refractivity contribution in [2.45, 2.75) is 57.6 Å². The van der Waals surface area contributed by atoms with Crippen LogP contribution in [0.4, 0.5) is 11.4 Å². The molecule has 0 aromatic carbocycles. The molecule has 0 radical (unpaired) electrons. The van der Waals surface area contributed by atoms with Crippen LogP contribution in [-0.2, 0) is 24.2 Å². The molecule has 6 rings (SSSR count). The maximum Gasteiger partial charge on any atom is 0.219 e. The molecular weight excluding hydrogens is 464 g/mol. The van der Waals surface area contributed by atoms with Crippen LogP contribution in [0.15, 0.2) is 30.6 Å². The van der Waals surface area contributed by atoms with E-state index >= 15 is 0 Å². The van der Waals surface area contributed by atoms with Crippen LogP contribution >= 0.6 is 0 Å². The lowest BCUT2D eigenvalue weighted by Gasteiger charge is -2.34. The molecule has 196 valence electrons. The van der Waals surface area contributed by atoms with Gasteiger partial charge in [-0.2, -0.15) is 0 Å². The lowest BCUT2D eigenvalue weighted by Crippen LogP contribution is -2.39. The Morgan fingerprint density at radius 3 is 2.70 bits per heavy atom. The fraction of sp³-hybridized carbons (Fsp3) is 0.552. The van der Waals surface area contributed by atoms with Crippen LogP contribution in [0.5, 0.6) is 5.88 Å². The van der Waals surface area contributed by atoms with Crippen LogP contribution in [0, 0.1) is 0 Å². The molecule has 0 unspecified atom stereocenters. The van der Waals surface area contributed by atoms with E-state index in [0.29, 0.717) is 18.5 Å². The molecular formula is C29H38N6O2. The van der Waals surface area contributed by atoms with E-state index in [1.165, 1.54) is 42.9 Å². The Bertz CT molecular complexity index is 1210. The summed E-state index contributed by atoms with van der Waals surface area (Å²) in [5.74, 6) is 0.642. The molecule has 8 heteroatoms. The number of rotatable bonds is 9. The number of aryl methyl sites for hydroxylation is 1. The second kappa shape index (κ2) is 11.2. The second-order valence-electron chi connectivity index (χ2n) is 10.5. The largest absolute Gasteiger partial charge is 0.481 e. The number of anilines is 2. The zero-order valence-corrected chi connectivity index (χ0v) is 21.9. The van der Waals surface area contributed by atoms with Gasteiger partial charge in [0, 0.05) is 43.1 Å². The van der Waals surface area contributed by atoms with Crippen LogP contribution in [0.25, 0.3) is 11.0 Å². The van der Waals surface area contributed by atoms with Gasteiger partial charge in [-0.05, 0) is 81.8 Å². The smallest absolute Gasteiger partial charge is 0.219 e. The van der Waals surface area contributed by atoms with Gasteiger partial charge in [-0.15, -0.1) is 0 Å². The highest BCUT2D eigenvalue weighted by Gasteiger charge is 2.26. The van der Waals surface area contributed by atoms with Crippen molar-refractivity contribution in [1.29, 1.82) is 0 Å². The average Bonchev–Trinajstić information content (AvgIpc) is 3.64. The van der Waals surface area contributed by atoms with Gasteiger partial charge in [-0.25, -0.2) is 4.98 Å². The monoisotopic (exact) mass is 502 g/mol. The first-order chi connectivity index (χ1) is 18.3. The highest BCUT2D eigenvalue weighted by Crippen LogP contribution is 2.36. The summed E-state index contributed by atoms with van der Waals surface area (Å²) in [4.78, 5) is 19.2. The van der Waals surface area contributed by atoms with Gasteiger partial charge in [0.2, 0.25) is 5.88 Å². The predicted octanol–water partition coefficient (Wildman–Crippen LogP) is 4.22. The van der Waals surface area contributed by atoms with Crippen molar-refractivity contribution in [1.82, 2.24) is 19.9 Å². The van der Waals surface area contributed by atoms with Crippen LogP contribution in [0.3, 0.4) is 0 Å². The highest BCUT2D eigenvalue weighted by molar-refractivity contribution is 5.91. The van der Waals surface area contributed by atoms with Crippen molar-refractivity contribution in [3.8, 4) is 5.88 Å². The zero-order valence-electron chi connectivity index (χ0n) is 21.9. The molecule has 1 aliphatic carbocycles. The minimum absolute atomic E-state index is 0.407. The maximum absolute atomic E-state index is 6.05. The third-order valence-electron chi connectivity index (χ3n) is 8.08. The number of methoxy groups -OCH3 is 1. The summed E-state index contributed by atoms with van der Waals surface area (Å²) in [6.07, 6.45) is 11.8. The van der Waals surface area contributed by atoms with Crippen molar-refractivity contribution in [3.63, 3.8) is 0 Å². The predicted molar refractivity (Wildman–Crippen MR) is 147 cm³/mol. The molecule has 2 fully saturated rings. The molecule has 3 aromatic heterocycles. The molecule has 0 saturated carbocycles. The van der Waals surface area contributed by atoms with E-state index in [2.05, 4.69) is 32.2 Å². The summed E-state index contributed by atoms with van der Waals surface area (Å²) in [6.45, 7) is 6.63. The summed E-state index contributed by atoms with van der Waals surface area (Å²) in [7, 11) is 1.70. The molecule has 0 spiro atoms. The Morgan fingerprint density at radius 2 is 1.92 bits per heavy atom. The summed E-state index contributed by atoms with van der Waals surface area (Å²) in [6, 6.07) is 6.70. The van der Waals surface area contributed by atoms with Gasteiger partial charge in [-0.3, -0.25) is 9.97 Å². The standard InChI is InChI=1S/C29H38N6O2/c1-36-29-21(20-37-17-16-34-12-2-3-13-34)18-26-28(33-29)27(24-7-4-8-25(24)32-26)31-22-9-14-35(15-10-22)23-6-5-11-30-19-23/h5-6,11,18-19,22H,2-4,7-10,12-17,20H2,1H3,(H,31,32). The van der Waals surface area contributed by atoms with Crippen LogP contribution in [-0.4, -0.2) is 72.3 Å². The molecule has 3 aliphatic rings. The SMILES string of the molecule is COc1nc2c(NC3CCN(c4cccnc4)CC3)c3c(nc2cc1COCCN1CCCC1)CCC3. The summed E-state index contributed by atoms with van der Waals surface area (Å²) < 4.78 is 11.8. The molecule has 5 heterocycles. The Balaban J connectivity index is 1.19. The molecule has 0 amide bonds. The lowest BCUT2D eigenvalue weighted by molar-refractivity contribution is 0.0975. The molecule has 0 bridgehead atoms. The number of hydrogen-bond donors (Lipinski definition) is 1. The van der Waals surface area contributed by atoms with E-state index < -0.39 is 0 Å². The zero-order chi connectivity index (χ0) is 25.0. The topological polar surface area (TPSA) is 75.6 Å². The van der Waals surface area contributed by atoms with Crippen molar-refractivity contribution >= 4 is 22.4 Å². The minimum Gasteiger partial charge on any atom is -0.481 e. The molecule has 37 heavy (non-hydrogen) atoms. The maximum atomic E-state index is 6.05. The molecule has 2 saturated heterocycles. The van der Waals surface area contributed by atoms with Crippen molar-refractivity contribution in [2.75, 3.05) is 56.7 Å². The van der Waals surface area contributed by atoms with E-state index in [1.807, 2.05) is 18.5 Å². The third kappa shape index (κ3) is 5.36. The van der Waals surface area contributed by atoms with E-state index in [1.54, 1.807) is 7.11 Å². The Hall–Kier alpha value is -2.97. The Morgan fingerprint density at radius 1 is 1.05 bits per heavy atom. The fourth-order valence-electron chi connectivity index (χ4n) is 6.05. The van der Waals surface area contributed by atoms with Gasteiger partial charge in [0.25, 0.3) is 0 Å². The summed E-state index contributed by atoms with van der Waals surface area (Å²) in [5, 5.41) is 3.91. The first kappa shape index (κ1) is 24.4. The average molecular weight is 503 g/mol. The number of likely N-dealkylation sites (tertiary alicyclic amines) is 1. The number of aromatic nitrogens is 3. The lowest BCUT2D eigenvalue weighted by atomic mass is 10.0. The van der Waals surface area contributed by atoms with E-state index in [9.17, 15) is 0 Å². The second-order valence-corrected chi connectivity index (χ2v) is 10.5. The minimum atomic E-state index is 0.407. The number of nitrogens with zero attached hydrogens (tertiary/aromatic N) is 5. The van der Waals surface area contributed by atoms with Crippen molar-refractivity contribution < 1.29 is 9.47 Å². The number of nitrogens with one attached hydrogen (secondary N) is 1. The van der Waals surface area contributed by atoms with Gasteiger partial charge in [0.1, 0.15) is 5.52 Å². The first-order valence-corrected chi connectivity index (χ1v) is 13.9. The molecule has 1 N–H and O–H groups in total. The van der Waals surface area contributed by atoms with Gasteiger partial charge in [0.05, 0.1) is 43.4 Å². The number of pyridine rings is 3. The van der Waals surface area contributed by atoms with Crippen LogP contribution < -0.4 is 15.0 Å². The number of piperidine rings is 1. The normalized spacial score (nSPS) is 18.5. The molecule has 3 aromatic rings. The number of fused-ring (bicyclic) bond motifs is 2. The number of ether oxygens (including phenoxy) is 2. The number of hydrogen-bond acceptors (Lipinski definition) is 8. The quantitative estimate of drug-likeness (QED) is 0.436.